The summed E-state index contributed by atoms with van der Waals surface area (Å²) in [7, 11) is 0. The number of esters is 1. The number of likely N-dealkylation sites (tertiary alicyclic amines) is 1. The largest absolute Gasteiger partial charge is 0.444 e. The van der Waals surface area contributed by atoms with E-state index in [4.69, 9.17) is 16.3 Å². The molecule has 1 saturated heterocycles. The van der Waals surface area contributed by atoms with E-state index in [1.807, 2.05) is 42.6 Å². The molecule has 2 aromatic heterocycles. The molecular weight excluding hydrogens is 390 g/mol. The lowest BCUT2D eigenvalue weighted by Crippen LogP contribution is -2.34. The molecule has 29 heavy (non-hydrogen) atoms. The lowest BCUT2D eigenvalue weighted by Gasteiger charge is -2.23. The summed E-state index contributed by atoms with van der Waals surface area (Å²) in [5.74, 6) is -0.809. The number of carbonyl (C=O) groups excluding carboxylic acids is 2. The van der Waals surface area contributed by atoms with Crippen molar-refractivity contribution in [2.75, 3.05) is 13.1 Å². The lowest BCUT2D eigenvalue weighted by atomic mass is 10.1. The van der Waals surface area contributed by atoms with E-state index in [0.29, 0.717) is 30.0 Å². The van der Waals surface area contributed by atoms with Crippen LogP contribution in [0, 0.1) is 0 Å². The number of halogens is 1. The van der Waals surface area contributed by atoms with Crippen molar-refractivity contribution in [3.05, 3.63) is 77.2 Å². The van der Waals surface area contributed by atoms with Gasteiger partial charge in [0.05, 0.1) is 5.69 Å². The number of aromatic nitrogens is 2. The Hall–Kier alpha value is -3.12. The van der Waals surface area contributed by atoms with Crippen molar-refractivity contribution in [2.24, 2.45) is 0 Å². The zero-order valence-electron chi connectivity index (χ0n) is 15.7. The fraction of sp³-hybridized carbons (Fsp3) is 0.227. The molecule has 148 valence electrons. The smallest absolute Gasteiger partial charge is 0.331 e. The molecule has 1 aliphatic rings. The van der Waals surface area contributed by atoms with E-state index in [1.165, 1.54) is 6.08 Å². The zero-order valence-corrected chi connectivity index (χ0v) is 16.5. The molecule has 1 fully saturated rings. The van der Waals surface area contributed by atoms with Crippen LogP contribution in [0.15, 0.2) is 60.8 Å². The Morgan fingerprint density at radius 2 is 1.79 bits per heavy atom. The van der Waals surface area contributed by atoms with Gasteiger partial charge in [-0.1, -0.05) is 48.0 Å². The number of ether oxygens (including phenoxy) is 1. The van der Waals surface area contributed by atoms with Crippen molar-refractivity contribution in [3.63, 3.8) is 0 Å². The van der Waals surface area contributed by atoms with E-state index >= 15 is 0 Å². The standard InChI is InChI=1S/C22H20ClN3O3/c23-21-17(26-15-5-4-10-18(26)24-21)11-12-19(27)29-20(16-8-2-1-3-9-16)22(28)25-13-6-7-14-25/h1-5,8-12,15,20H,6-7,13-14H2/b12-11+/t20-/m0/s1. The molecule has 0 unspecified atom stereocenters. The van der Waals surface area contributed by atoms with Crippen LogP contribution in [0.1, 0.15) is 30.2 Å². The Labute approximate surface area is 173 Å². The molecule has 6 nitrogen and oxygen atoms in total. The highest BCUT2D eigenvalue weighted by Crippen LogP contribution is 2.24. The van der Waals surface area contributed by atoms with Crippen LogP contribution in [0.5, 0.6) is 0 Å². The fourth-order valence-electron chi connectivity index (χ4n) is 3.43. The van der Waals surface area contributed by atoms with Crippen LogP contribution >= 0.6 is 11.6 Å². The maximum Gasteiger partial charge on any atom is 0.331 e. The molecule has 1 aliphatic heterocycles. The van der Waals surface area contributed by atoms with Crippen LogP contribution in [-0.4, -0.2) is 39.3 Å². The summed E-state index contributed by atoms with van der Waals surface area (Å²) in [5, 5.41) is 0.285. The summed E-state index contributed by atoms with van der Waals surface area (Å²) in [5.41, 5.74) is 1.90. The van der Waals surface area contributed by atoms with Gasteiger partial charge in [-0.2, -0.15) is 0 Å². The topological polar surface area (TPSA) is 63.9 Å². The van der Waals surface area contributed by atoms with Crippen LogP contribution in [0.3, 0.4) is 0 Å². The minimum atomic E-state index is -0.968. The summed E-state index contributed by atoms with van der Waals surface area (Å²) in [4.78, 5) is 31.5. The normalized spacial score (nSPS) is 15.1. The molecule has 3 heterocycles. The predicted octanol–water partition coefficient (Wildman–Crippen LogP) is 3.91. The monoisotopic (exact) mass is 409 g/mol. The van der Waals surface area contributed by atoms with Crippen molar-refractivity contribution in [1.82, 2.24) is 14.3 Å². The molecule has 3 aromatic rings. The van der Waals surface area contributed by atoms with Gasteiger partial charge in [-0.15, -0.1) is 0 Å². The van der Waals surface area contributed by atoms with Gasteiger partial charge in [-0.05, 0) is 31.1 Å². The number of fused-ring (bicyclic) bond motifs is 1. The molecule has 0 spiro atoms. The van der Waals surface area contributed by atoms with Crippen molar-refractivity contribution in [2.45, 2.75) is 18.9 Å². The Balaban J connectivity index is 1.55. The van der Waals surface area contributed by atoms with Crippen LogP contribution < -0.4 is 0 Å². The maximum absolute atomic E-state index is 12.9. The predicted molar refractivity (Wildman–Crippen MR) is 110 cm³/mol. The minimum Gasteiger partial charge on any atom is -0.444 e. The second kappa shape index (κ2) is 8.49. The third-order valence-corrected chi connectivity index (χ3v) is 5.16. The van der Waals surface area contributed by atoms with Crippen LogP contribution in [0.25, 0.3) is 11.7 Å². The molecule has 0 aliphatic carbocycles. The molecule has 1 amide bonds. The van der Waals surface area contributed by atoms with Gasteiger partial charge in [-0.3, -0.25) is 9.20 Å². The summed E-state index contributed by atoms with van der Waals surface area (Å²) in [6.45, 7) is 1.37. The van der Waals surface area contributed by atoms with Gasteiger partial charge in [0, 0.05) is 30.9 Å². The number of carbonyl (C=O) groups is 2. The van der Waals surface area contributed by atoms with Gasteiger partial charge in [0.2, 0.25) is 6.10 Å². The molecule has 0 bridgehead atoms. The van der Waals surface area contributed by atoms with Crippen molar-refractivity contribution >= 4 is 35.2 Å². The number of imidazole rings is 1. The van der Waals surface area contributed by atoms with Gasteiger partial charge in [0.1, 0.15) is 5.65 Å². The van der Waals surface area contributed by atoms with E-state index in [9.17, 15) is 9.59 Å². The SMILES string of the molecule is O=C(/C=C/c1c(Cl)nc2ccccn12)O[C@H](C(=O)N1CCCC1)c1ccccc1. The minimum absolute atomic E-state index is 0.191. The van der Waals surface area contributed by atoms with Gasteiger partial charge in [0.15, 0.2) is 5.15 Å². The third kappa shape index (κ3) is 4.17. The van der Waals surface area contributed by atoms with Crippen LogP contribution in [0.4, 0.5) is 0 Å². The van der Waals surface area contributed by atoms with E-state index in [-0.39, 0.29) is 11.1 Å². The van der Waals surface area contributed by atoms with Gasteiger partial charge in [0.25, 0.3) is 5.91 Å². The third-order valence-electron chi connectivity index (χ3n) is 4.88. The van der Waals surface area contributed by atoms with Crippen molar-refractivity contribution in [1.29, 1.82) is 0 Å². The van der Waals surface area contributed by atoms with Crippen molar-refractivity contribution in [3.8, 4) is 0 Å². The zero-order chi connectivity index (χ0) is 20.2. The second-order valence-corrected chi connectivity index (χ2v) is 7.17. The molecule has 0 radical (unpaired) electrons. The first kappa shape index (κ1) is 19.2. The number of hydrogen-bond donors (Lipinski definition) is 0. The highest BCUT2D eigenvalue weighted by molar-refractivity contribution is 6.31. The van der Waals surface area contributed by atoms with Crippen LogP contribution in [0.2, 0.25) is 5.15 Å². The van der Waals surface area contributed by atoms with Gasteiger partial charge < -0.3 is 9.64 Å². The van der Waals surface area contributed by atoms with E-state index in [2.05, 4.69) is 4.98 Å². The Kier molecular flexibility index (Phi) is 5.62. The molecule has 1 atom stereocenters. The number of nitrogens with zero attached hydrogens (tertiary/aromatic N) is 3. The number of amides is 1. The van der Waals surface area contributed by atoms with Crippen molar-refractivity contribution < 1.29 is 14.3 Å². The Morgan fingerprint density at radius 1 is 1.07 bits per heavy atom. The highest BCUT2D eigenvalue weighted by atomic mass is 35.5. The summed E-state index contributed by atoms with van der Waals surface area (Å²) < 4.78 is 7.35. The highest BCUT2D eigenvalue weighted by Gasteiger charge is 2.30. The molecular formula is C22H20ClN3O3. The Bertz CT molecular complexity index is 1060. The maximum atomic E-state index is 12.9. The van der Waals surface area contributed by atoms with E-state index in [1.54, 1.807) is 27.5 Å². The quantitative estimate of drug-likeness (QED) is 0.473. The molecule has 4 rings (SSSR count). The fourth-order valence-corrected chi connectivity index (χ4v) is 3.67. The second-order valence-electron chi connectivity index (χ2n) is 6.81. The summed E-state index contributed by atoms with van der Waals surface area (Å²) in [6, 6.07) is 14.6. The molecule has 7 heteroatoms. The average Bonchev–Trinajstić information content (AvgIpc) is 3.38. The first-order chi connectivity index (χ1) is 14.1. The Morgan fingerprint density at radius 3 is 2.55 bits per heavy atom. The number of benzene rings is 1. The number of hydrogen-bond acceptors (Lipinski definition) is 4. The summed E-state index contributed by atoms with van der Waals surface area (Å²) in [6.07, 6.45) is 5.59. The average molecular weight is 410 g/mol. The first-order valence-electron chi connectivity index (χ1n) is 9.48. The molecule has 0 saturated carbocycles. The first-order valence-corrected chi connectivity index (χ1v) is 9.86. The van der Waals surface area contributed by atoms with E-state index < -0.39 is 12.1 Å². The molecule has 1 aromatic carbocycles. The van der Waals surface area contributed by atoms with Crippen LogP contribution in [-0.2, 0) is 14.3 Å². The van der Waals surface area contributed by atoms with Gasteiger partial charge >= 0.3 is 5.97 Å². The van der Waals surface area contributed by atoms with E-state index in [0.717, 1.165) is 12.8 Å². The molecule has 0 N–H and O–H groups in total. The number of rotatable bonds is 5. The number of pyridine rings is 1. The lowest BCUT2D eigenvalue weighted by molar-refractivity contribution is -0.156. The van der Waals surface area contributed by atoms with Gasteiger partial charge in [-0.25, -0.2) is 9.78 Å². The summed E-state index contributed by atoms with van der Waals surface area (Å²) >= 11 is 6.19.